The lowest BCUT2D eigenvalue weighted by Gasteiger charge is -2.33. The summed E-state index contributed by atoms with van der Waals surface area (Å²) in [5.74, 6) is 0.878. The van der Waals surface area contributed by atoms with Crippen molar-refractivity contribution in [1.82, 2.24) is 15.5 Å². The van der Waals surface area contributed by atoms with E-state index in [0.717, 1.165) is 64.9 Å². The number of ether oxygens (including phenoxy) is 2. The fraction of sp³-hybridized carbons (Fsp3) is 0.706. The molecule has 2 rings (SSSR count). The van der Waals surface area contributed by atoms with Crippen molar-refractivity contribution < 1.29 is 9.47 Å². The lowest BCUT2D eigenvalue weighted by molar-refractivity contribution is 0.0186. The Labute approximate surface area is 149 Å². The zero-order valence-electron chi connectivity index (χ0n) is 14.8. The lowest BCUT2D eigenvalue weighted by atomic mass is 10.2. The van der Waals surface area contributed by atoms with E-state index in [1.807, 2.05) is 0 Å². The smallest absolute Gasteiger partial charge is 0.191 e. The molecule has 0 saturated carbocycles. The minimum Gasteiger partial charge on any atom is -0.385 e. The molecule has 1 saturated heterocycles. The first-order chi connectivity index (χ1) is 11.8. The summed E-state index contributed by atoms with van der Waals surface area (Å²) < 4.78 is 10.6. The van der Waals surface area contributed by atoms with E-state index in [-0.39, 0.29) is 0 Å². The number of thiophene rings is 1. The van der Waals surface area contributed by atoms with Gasteiger partial charge in [-0.2, -0.15) is 0 Å². The van der Waals surface area contributed by atoms with Gasteiger partial charge >= 0.3 is 0 Å². The van der Waals surface area contributed by atoms with Crippen LogP contribution in [0.4, 0.5) is 0 Å². The van der Waals surface area contributed by atoms with Crippen LogP contribution in [-0.2, 0) is 9.47 Å². The van der Waals surface area contributed by atoms with Gasteiger partial charge in [0.15, 0.2) is 5.96 Å². The molecule has 0 bridgehead atoms. The van der Waals surface area contributed by atoms with Crippen LogP contribution in [-0.4, -0.2) is 70.5 Å². The molecule has 1 aliphatic heterocycles. The summed E-state index contributed by atoms with van der Waals surface area (Å²) in [6.07, 6.45) is 0.971. The Morgan fingerprint density at radius 3 is 2.92 bits per heavy atom. The van der Waals surface area contributed by atoms with Gasteiger partial charge in [-0.1, -0.05) is 6.07 Å². The van der Waals surface area contributed by atoms with Gasteiger partial charge in [0.1, 0.15) is 0 Å². The predicted octanol–water partition coefficient (Wildman–Crippen LogP) is 1.71. The van der Waals surface area contributed by atoms with Crippen LogP contribution >= 0.6 is 11.3 Å². The molecule has 1 aliphatic rings. The number of aliphatic imine (C=N–C) groups is 1. The average Bonchev–Trinajstić information content (AvgIpc) is 3.14. The summed E-state index contributed by atoms with van der Waals surface area (Å²) in [4.78, 5) is 8.67. The SMILES string of the molecule is CCNC(=NCC(c1cccs1)N1CCOCC1)NCCCOC. The maximum absolute atomic E-state index is 5.50. The van der Waals surface area contributed by atoms with Gasteiger partial charge in [0.05, 0.1) is 25.8 Å². The number of hydrogen-bond acceptors (Lipinski definition) is 5. The number of methoxy groups -OCH3 is 1. The highest BCUT2D eigenvalue weighted by molar-refractivity contribution is 7.10. The van der Waals surface area contributed by atoms with Crippen LogP contribution in [0, 0.1) is 0 Å². The standard InChI is InChI=1S/C17H30N4O2S/c1-3-18-17(19-7-5-10-22-2)20-14-15(16-6-4-13-24-16)21-8-11-23-12-9-21/h4,6,13,15H,3,5,7-12,14H2,1-2H3,(H2,18,19,20). The van der Waals surface area contributed by atoms with Crippen molar-refractivity contribution in [2.75, 3.05) is 59.7 Å². The van der Waals surface area contributed by atoms with Crippen LogP contribution in [0.1, 0.15) is 24.3 Å². The van der Waals surface area contributed by atoms with Gasteiger partial charge in [-0.15, -0.1) is 11.3 Å². The van der Waals surface area contributed by atoms with Crippen molar-refractivity contribution in [3.8, 4) is 0 Å². The highest BCUT2D eigenvalue weighted by atomic mass is 32.1. The molecule has 24 heavy (non-hydrogen) atoms. The summed E-state index contributed by atoms with van der Waals surface area (Å²) >= 11 is 1.81. The van der Waals surface area contributed by atoms with E-state index in [9.17, 15) is 0 Å². The molecule has 136 valence electrons. The van der Waals surface area contributed by atoms with Crippen LogP contribution in [0.3, 0.4) is 0 Å². The van der Waals surface area contributed by atoms with Gasteiger partial charge in [-0.25, -0.2) is 0 Å². The number of guanidine groups is 1. The van der Waals surface area contributed by atoms with E-state index in [1.165, 1.54) is 4.88 Å². The third kappa shape index (κ3) is 6.39. The van der Waals surface area contributed by atoms with E-state index in [2.05, 4.69) is 40.0 Å². The van der Waals surface area contributed by atoms with E-state index >= 15 is 0 Å². The van der Waals surface area contributed by atoms with Gasteiger partial charge in [0.2, 0.25) is 0 Å². The fourth-order valence-electron chi connectivity index (χ4n) is 2.70. The Morgan fingerprint density at radius 1 is 1.42 bits per heavy atom. The third-order valence-corrected chi connectivity index (χ3v) is 4.92. The van der Waals surface area contributed by atoms with E-state index < -0.39 is 0 Å². The molecule has 0 aliphatic carbocycles. The minimum atomic E-state index is 0.323. The number of rotatable bonds is 9. The molecule has 2 heterocycles. The van der Waals surface area contributed by atoms with Crippen molar-refractivity contribution >= 4 is 17.3 Å². The van der Waals surface area contributed by atoms with Crippen molar-refractivity contribution in [1.29, 1.82) is 0 Å². The van der Waals surface area contributed by atoms with Gasteiger partial charge in [0.25, 0.3) is 0 Å². The van der Waals surface area contributed by atoms with Crippen LogP contribution in [0.2, 0.25) is 0 Å². The maximum Gasteiger partial charge on any atom is 0.191 e. The summed E-state index contributed by atoms with van der Waals surface area (Å²) in [6.45, 7) is 8.87. The van der Waals surface area contributed by atoms with E-state index in [4.69, 9.17) is 14.5 Å². The molecule has 1 atom stereocenters. The first-order valence-corrected chi connectivity index (χ1v) is 9.59. The topological polar surface area (TPSA) is 58.1 Å². The second-order valence-corrected chi connectivity index (χ2v) is 6.65. The first kappa shape index (κ1) is 19.2. The van der Waals surface area contributed by atoms with Crippen molar-refractivity contribution in [3.05, 3.63) is 22.4 Å². The maximum atomic E-state index is 5.50. The summed E-state index contributed by atoms with van der Waals surface area (Å²) in [5.41, 5.74) is 0. The third-order valence-electron chi connectivity index (χ3n) is 3.94. The second kappa shape index (κ2) is 11.4. The number of nitrogens with zero attached hydrogens (tertiary/aromatic N) is 2. The quantitative estimate of drug-likeness (QED) is 0.402. The van der Waals surface area contributed by atoms with Crippen LogP contribution in [0.15, 0.2) is 22.5 Å². The van der Waals surface area contributed by atoms with Crippen LogP contribution in [0.5, 0.6) is 0 Å². The van der Waals surface area contributed by atoms with Gasteiger partial charge in [-0.05, 0) is 24.8 Å². The molecule has 6 nitrogen and oxygen atoms in total. The summed E-state index contributed by atoms with van der Waals surface area (Å²) in [6, 6.07) is 4.65. The summed E-state index contributed by atoms with van der Waals surface area (Å²) in [7, 11) is 1.73. The monoisotopic (exact) mass is 354 g/mol. The highest BCUT2D eigenvalue weighted by Gasteiger charge is 2.23. The Kier molecular flexibility index (Phi) is 9.12. The first-order valence-electron chi connectivity index (χ1n) is 8.71. The van der Waals surface area contributed by atoms with Crippen molar-refractivity contribution in [3.63, 3.8) is 0 Å². The van der Waals surface area contributed by atoms with Crippen LogP contribution < -0.4 is 10.6 Å². The van der Waals surface area contributed by atoms with Gasteiger partial charge < -0.3 is 20.1 Å². The van der Waals surface area contributed by atoms with Crippen LogP contribution in [0.25, 0.3) is 0 Å². The molecule has 1 aromatic heterocycles. The zero-order valence-corrected chi connectivity index (χ0v) is 15.6. The van der Waals surface area contributed by atoms with Crippen molar-refractivity contribution in [2.45, 2.75) is 19.4 Å². The Bertz CT molecular complexity index is 461. The lowest BCUT2D eigenvalue weighted by Crippen LogP contribution is -2.41. The van der Waals surface area contributed by atoms with E-state index in [0.29, 0.717) is 6.04 Å². The molecule has 0 radical (unpaired) electrons. The van der Waals surface area contributed by atoms with Gasteiger partial charge in [0, 0.05) is 44.8 Å². The predicted molar refractivity (Wildman–Crippen MR) is 99.9 cm³/mol. The highest BCUT2D eigenvalue weighted by Crippen LogP contribution is 2.26. The zero-order chi connectivity index (χ0) is 17.0. The Balaban J connectivity index is 1.97. The molecule has 0 aromatic carbocycles. The molecule has 1 fully saturated rings. The Hall–Kier alpha value is -1.15. The normalized spacial score (nSPS) is 17.7. The molecular formula is C17H30N4O2S. The Morgan fingerprint density at radius 2 is 2.25 bits per heavy atom. The molecule has 7 heteroatoms. The number of nitrogens with one attached hydrogen (secondary N) is 2. The van der Waals surface area contributed by atoms with E-state index in [1.54, 1.807) is 18.4 Å². The fourth-order valence-corrected chi connectivity index (χ4v) is 3.55. The summed E-state index contributed by atoms with van der Waals surface area (Å²) in [5, 5.41) is 8.84. The molecule has 2 N–H and O–H groups in total. The average molecular weight is 355 g/mol. The molecular weight excluding hydrogens is 324 g/mol. The minimum absolute atomic E-state index is 0.323. The molecule has 1 unspecified atom stereocenters. The number of morpholine rings is 1. The van der Waals surface area contributed by atoms with Crippen molar-refractivity contribution in [2.24, 2.45) is 4.99 Å². The largest absolute Gasteiger partial charge is 0.385 e. The molecule has 1 aromatic rings. The number of hydrogen-bond donors (Lipinski definition) is 2. The van der Waals surface area contributed by atoms with Gasteiger partial charge in [-0.3, -0.25) is 9.89 Å². The molecule has 0 spiro atoms. The second-order valence-electron chi connectivity index (χ2n) is 5.67. The molecule has 0 amide bonds.